The van der Waals surface area contributed by atoms with E-state index in [1.807, 2.05) is 25.2 Å². The Kier molecular flexibility index (Phi) is 9.35. The molecule has 2 rings (SSSR count). The summed E-state index contributed by atoms with van der Waals surface area (Å²) in [6.45, 7) is 7.90. The summed E-state index contributed by atoms with van der Waals surface area (Å²) in [6.07, 6.45) is 1.98. The Morgan fingerprint density at radius 3 is 2.75 bits per heavy atom. The van der Waals surface area contributed by atoms with Gasteiger partial charge in [-0.15, -0.1) is 35.3 Å². The minimum atomic E-state index is 0. The summed E-state index contributed by atoms with van der Waals surface area (Å²) in [5.41, 5.74) is 2.15. The molecular weight excluding hydrogens is 435 g/mol. The summed E-state index contributed by atoms with van der Waals surface area (Å²) in [7, 11) is 1.80. The van der Waals surface area contributed by atoms with Crippen molar-refractivity contribution in [3.8, 4) is 0 Å². The van der Waals surface area contributed by atoms with Crippen molar-refractivity contribution in [3.05, 3.63) is 39.4 Å². The lowest BCUT2D eigenvalue weighted by Crippen LogP contribution is -2.40. The van der Waals surface area contributed by atoms with Crippen LogP contribution in [0, 0.1) is 19.8 Å². The van der Waals surface area contributed by atoms with Crippen molar-refractivity contribution in [1.82, 2.24) is 15.8 Å². The minimum Gasteiger partial charge on any atom is -0.361 e. The third kappa shape index (κ3) is 6.43. The van der Waals surface area contributed by atoms with Gasteiger partial charge in [-0.3, -0.25) is 4.99 Å². The van der Waals surface area contributed by atoms with E-state index >= 15 is 0 Å². The van der Waals surface area contributed by atoms with Crippen molar-refractivity contribution >= 4 is 41.3 Å². The molecule has 7 heteroatoms. The Morgan fingerprint density at radius 2 is 2.17 bits per heavy atom. The average Bonchev–Trinajstić information content (AvgIpc) is 3.14. The lowest BCUT2D eigenvalue weighted by atomic mass is 10.1. The number of aliphatic imine (C=N–C) groups is 1. The van der Waals surface area contributed by atoms with E-state index in [0.717, 1.165) is 43.3 Å². The topological polar surface area (TPSA) is 62.5 Å². The molecule has 0 aliphatic rings. The smallest absolute Gasteiger partial charge is 0.190 e. The first kappa shape index (κ1) is 21.0. The second kappa shape index (κ2) is 10.7. The van der Waals surface area contributed by atoms with Crippen LogP contribution < -0.4 is 10.6 Å². The van der Waals surface area contributed by atoms with Crippen molar-refractivity contribution in [2.24, 2.45) is 10.9 Å². The minimum absolute atomic E-state index is 0. The summed E-state index contributed by atoms with van der Waals surface area (Å²) in [6, 6.07) is 4.30. The maximum absolute atomic E-state index is 5.19. The van der Waals surface area contributed by atoms with Crippen LogP contribution in [-0.2, 0) is 12.8 Å². The quantitative estimate of drug-likeness (QED) is 0.375. The molecule has 0 aliphatic carbocycles. The van der Waals surface area contributed by atoms with Crippen molar-refractivity contribution in [2.45, 2.75) is 33.6 Å². The number of aryl methyl sites for hydroxylation is 2. The Balaban J connectivity index is 0.00000288. The fraction of sp³-hybridized carbons (Fsp3) is 0.529. The zero-order valence-corrected chi connectivity index (χ0v) is 17.9. The summed E-state index contributed by atoms with van der Waals surface area (Å²) < 4.78 is 5.19. The van der Waals surface area contributed by atoms with Gasteiger partial charge in [-0.2, -0.15) is 0 Å². The van der Waals surface area contributed by atoms with Crippen LogP contribution in [0.25, 0.3) is 0 Å². The predicted molar refractivity (Wildman–Crippen MR) is 112 cm³/mol. The molecule has 0 aliphatic heterocycles. The van der Waals surface area contributed by atoms with Crippen molar-refractivity contribution in [2.75, 3.05) is 20.1 Å². The van der Waals surface area contributed by atoms with Gasteiger partial charge in [0, 0.05) is 30.6 Å². The monoisotopic (exact) mass is 462 g/mol. The highest BCUT2D eigenvalue weighted by Crippen LogP contribution is 2.14. The first-order chi connectivity index (χ1) is 11.1. The Hall–Kier alpha value is -1.09. The molecule has 0 saturated heterocycles. The molecule has 2 aromatic heterocycles. The SMILES string of the molecule is CN=C(NCCc1c(C)noc1C)NCC(C)Cc1cccs1.I. The first-order valence-electron chi connectivity index (χ1n) is 7.98. The third-order valence-corrected chi connectivity index (χ3v) is 4.72. The number of nitrogens with zero attached hydrogens (tertiary/aromatic N) is 2. The molecule has 2 heterocycles. The molecule has 0 radical (unpaired) electrons. The lowest BCUT2D eigenvalue weighted by molar-refractivity contribution is 0.392. The molecule has 2 aromatic rings. The number of nitrogens with one attached hydrogen (secondary N) is 2. The molecule has 0 aromatic carbocycles. The van der Waals surface area contributed by atoms with E-state index in [9.17, 15) is 0 Å². The van der Waals surface area contributed by atoms with Gasteiger partial charge in [0.25, 0.3) is 0 Å². The van der Waals surface area contributed by atoms with Gasteiger partial charge in [0.1, 0.15) is 5.76 Å². The van der Waals surface area contributed by atoms with Gasteiger partial charge in [0.05, 0.1) is 5.69 Å². The number of rotatable bonds is 7. The van der Waals surface area contributed by atoms with E-state index in [1.54, 1.807) is 7.05 Å². The van der Waals surface area contributed by atoms with Gasteiger partial charge in [-0.05, 0) is 44.1 Å². The Morgan fingerprint density at radius 1 is 1.38 bits per heavy atom. The van der Waals surface area contributed by atoms with Crippen molar-refractivity contribution < 1.29 is 4.52 Å². The number of guanidine groups is 1. The average molecular weight is 462 g/mol. The number of aromatic nitrogens is 1. The van der Waals surface area contributed by atoms with Crippen LogP contribution in [0.5, 0.6) is 0 Å². The molecule has 5 nitrogen and oxygen atoms in total. The predicted octanol–water partition coefficient (Wildman–Crippen LogP) is 3.56. The molecule has 24 heavy (non-hydrogen) atoms. The highest BCUT2D eigenvalue weighted by atomic mass is 127. The molecule has 0 bridgehead atoms. The zero-order valence-electron chi connectivity index (χ0n) is 14.8. The molecular formula is C17H27IN4OS. The summed E-state index contributed by atoms with van der Waals surface area (Å²) in [5.74, 6) is 2.31. The standard InChI is InChI=1S/C17H26N4OS.HI/c1-12(10-15-6-5-9-23-15)11-20-17(18-4)19-8-7-16-13(2)21-22-14(16)3;/h5-6,9,12H,7-8,10-11H2,1-4H3,(H2,18,19,20);1H. The second-order valence-corrected chi connectivity index (χ2v) is 6.85. The van der Waals surface area contributed by atoms with E-state index in [0.29, 0.717) is 5.92 Å². The fourth-order valence-electron chi connectivity index (χ4n) is 2.50. The molecule has 0 saturated carbocycles. The van der Waals surface area contributed by atoms with Crippen LogP contribution in [-0.4, -0.2) is 31.3 Å². The van der Waals surface area contributed by atoms with Crippen LogP contribution >= 0.6 is 35.3 Å². The van der Waals surface area contributed by atoms with Crippen molar-refractivity contribution in [3.63, 3.8) is 0 Å². The zero-order chi connectivity index (χ0) is 16.7. The van der Waals surface area contributed by atoms with Gasteiger partial charge in [-0.1, -0.05) is 18.1 Å². The molecule has 1 atom stereocenters. The third-order valence-electron chi connectivity index (χ3n) is 3.82. The van der Waals surface area contributed by atoms with Gasteiger partial charge >= 0.3 is 0 Å². The van der Waals surface area contributed by atoms with E-state index in [4.69, 9.17) is 4.52 Å². The molecule has 0 amide bonds. The van der Waals surface area contributed by atoms with Crippen LogP contribution in [0.1, 0.15) is 28.8 Å². The maximum atomic E-state index is 5.19. The van der Waals surface area contributed by atoms with Crippen LogP contribution in [0.3, 0.4) is 0 Å². The number of hydrogen-bond donors (Lipinski definition) is 2. The summed E-state index contributed by atoms with van der Waals surface area (Å²) in [5, 5.41) is 12.9. The number of thiophene rings is 1. The summed E-state index contributed by atoms with van der Waals surface area (Å²) in [4.78, 5) is 5.71. The molecule has 134 valence electrons. The highest BCUT2D eigenvalue weighted by Gasteiger charge is 2.09. The van der Waals surface area contributed by atoms with E-state index in [-0.39, 0.29) is 24.0 Å². The molecule has 0 fully saturated rings. The normalized spacial score (nSPS) is 12.6. The van der Waals surface area contributed by atoms with E-state index < -0.39 is 0 Å². The van der Waals surface area contributed by atoms with E-state index in [1.165, 1.54) is 10.4 Å². The highest BCUT2D eigenvalue weighted by molar-refractivity contribution is 14.0. The number of hydrogen-bond acceptors (Lipinski definition) is 4. The first-order valence-corrected chi connectivity index (χ1v) is 8.86. The van der Waals surface area contributed by atoms with Crippen LogP contribution in [0.4, 0.5) is 0 Å². The van der Waals surface area contributed by atoms with Crippen LogP contribution in [0.2, 0.25) is 0 Å². The van der Waals surface area contributed by atoms with Crippen LogP contribution in [0.15, 0.2) is 27.0 Å². The van der Waals surface area contributed by atoms with Gasteiger partial charge in [-0.25, -0.2) is 0 Å². The van der Waals surface area contributed by atoms with Gasteiger partial charge in [0.15, 0.2) is 5.96 Å². The molecule has 0 spiro atoms. The van der Waals surface area contributed by atoms with Gasteiger partial charge in [0.2, 0.25) is 0 Å². The number of halogens is 1. The molecule has 2 N–H and O–H groups in total. The fourth-order valence-corrected chi connectivity index (χ4v) is 3.37. The Bertz CT molecular complexity index is 605. The largest absolute Gasteiger partial charge is 0.361 e. The van der Waals surface area contributed by atoms with Crippen molar-refractivity contribution in [1.29, 1.82) is 0 Å². The van der Waals surface area contributed by atoms with Gasteiger partial charge < -0.3 is 15.2 Å². The second-order valence-electron chi connectivity index (χ2n) is 5.82. The molecule has 1 unspecified atom stereocenters. The maximum Gasteiger partial charge on any atom is 0.190 e. The lowest BCUT2D eigenvalue weighted by Gasteiger charge is -2.15. The summed E-state index contributed by atoms with van der Waals surface area (Å²) >= 11 is 1.82. The Labute approximate surface area is 165 Å². The van der Waals surface area contributed by atoms with E-state index in [2.05, 4.69) is 45.2 Å².